The zero-order valence-electron chi connectivity index (χ0n) is 17.7. The molecule has 0 aliphatic carbocycles. The molecular formula is C26H18N3O3S-. The van der Waals surface area contributed by atoms with E-state index in [9.17, 15) is 8.76 Å². The second-order valence-electron chi connectivity index (χ2n) is 7.68. The fourth-order valence-electron chi connectivity index (χ4n) is 4.00. The largest absolute Gasteiger partial charge is 0.755 e. The Morgan fingerprint density at radius 1 is 1.09 bits per heavy atom. The highest BCUT2D eigenvalue weighted by molar-refractivity contribution is 7.81. The molecule has 2 aromatic heterocycles. The topological polar surface area (TPSA) is 93.2 Å². The Kier molecular flexibility index (Phi) is 5.38. The van der Waals surface area contributed by atoms with Crippen LogP contribution in [-0.4, -0.2) is 13.7 Å². The highest BCUT2D eigenvalue weighted by Crippen LogP contribution is 2.36. The highest BCUT2D eigenvalue weighted by atomic mass is 32.2. The number of aromatic nitrogens is 1. The molecule has 6 nitrogen and oxygen atoms in total. The maximum atomic E-state index is 12.3. The van der Waals surface area contributed by atoms with E-state index in [1.807, 2.05) is 49.4 Å². The lowest BCUT2D eigenvalue weighted by Gasteiger charge is -2.27. The quantitative estimate of drug-likeness (QED) is 0.320. The van der Waals surface area contributed by atoms with E-state index in [1.165, 1.54) is 4.31 Å². The third kappa shape index (κ3) is 3.87. The molecule has 0 amide bonds. The van der Waals surface area contributed by atoms with Gasteiger partial charge in [-0.25, -0.2) is 0 Å². The van der Waals surface area contributed by atoms with Crippen LogP contribution in [0.15, 0.2) is 83.4 Å². The number of benzene rings is 3. The first-order chi connectivity index (χ1) is 16.0. The monoisotopic (exact) mass is 452 g/mol. The predicted octanol–water partition coefficient (Wildman–Crippen LogP) is 5.68. The van der Waals surface area contributed by atoms with Gasteiger partial charge in [-0.05, 0) is 54.4 Å². The summed E-state index contributed by atoms with van der Waals surface area (Å²) in [6.07, 6.45) is 2.22. The lowest BCUT2D eigenvalue weighted by Crippen LogP contribution is -2.19. The minimum atomic E-state index is -2.56. The van der Waals surface area contributed by atoms with Crippen LogP contribution in [0, 0.1) is 18.3 Å². The first kappa shape index (κ1) is 20.9. The molecule has 33 heavy (non-hydrogen) atoms. The summed E-state index contributed by atoms with van der Waals surface area (Å²) in [5, 5.41) is 10.8. The van der Waals surface area contributed by atoms with Crippen LogP contribution in [0.25, 0.3) is 21.9 Å². The van der Waals surface area contributed by atoms with Gasteiger partial charge in [0.05, 0.1) is 39.8 Å². The van der Waals surface area contributed by atoms with Crippen molar-refractivity contribution in [3.05, 3.63) is 101 Å². The van der Waals surface area contributed by atoms with Crippen molar-refractivity contribution in [1.82, 2.24) is 4.98 Å². The number of hydrogen-bond acceptors (Lipinski definition) is 5. The van der Waals surface area contributed by atoms with Crippen LogP contribution in [0.3, 0.4) is 0 Å². The van der Waals surface area contributed by atoms with Gasteiger partial charge in [-0.15, -0.1) is 0 Å². The normalized spacial score (nSPS) is 12.0. The van der Waals surface area contributed by atoms with Crippen molar-refractivity contribution in [3.63, 3.8) is 0 Å². The molecule has 0 fully saturated rings. The smallest absolute Gasteiger partial charge is 0.136 e. The van der Waals surface area contributed by atoms with Crippen LogP contribution >= 0.6 is 0 Å². The van der Waals surface area contributed by atoms with Gasteiger partial charge >= 0.3 is 0 Å². The third-order valence-electron chi connectivity index (χ3n) is 5.68. The number of hydrogen-bond donors (Lipinski definition) is 0. The number of anilines is 2. The molecule has 0 saturated carbocycles. The second kappa shape index (κ2) is 8.51. The van der Waals surface area contributed by atoms with Crippen molar-refractivity contribution in [2.45, 2.75) is 13.3 Å². The Morgan fingerprint density at radius 2 is 1.88 bits per heavy atom. The molecule has 0 aliphatic heterocycles. The summed E-state index contributed by atoms with van der Waals surface area (Å²) in [4.78, 5) is 4.39. The minimum absolute atomic E-state index is 0.465. The Balaban J connectivity index is 1.56. The lowest BCUT2D eigenvalue weighted by atomic mass is 10.0. The van der Waals surface area contributed by atoms with Gasteiger partial charge in [-0.2, -0.15) is 5.26 Å². The average molecular weight is 453 g/mol. The number of fused-ring (bicyclic) bond motifs is 2. The van der Waals surface area contributed by atoms with Gasteiger partial charge in [0.2, 0.25) is 0 Å². The highest BCUT2D eigenvalue weighted by Gasteiger charge is 2.18. The summed E-state index contributed by atoms with van der Waals surface area (Å²) < 4.78 is 32.0. The molecule has 162 valence electrons. The van der Waals surface area contributed by atoms with Gasteiger partial charge in [0.15, 0.2) is 0 Å². The van der Waals surface area contributed by atoms with Crippen molar-refractivity contribution < 1.29 is 13.2 Å². The molecule has 2 heterocycles. The van der Waals surface area contributed by atoms with Crippen molar-refractivity contribution in [2.24, 2.45) is 0 Å². The second-order valence-corrected chi connectivity index (χ2v) is 8.48. The summed E-state index contributed by atoms with van der Waals surface area (Å²) in [6.45, 7) is 1.99. The predicted molar refractivity (Wildman–Crippen MR) is 128 cm³/mol. The fraction of sp³-hybridized carbons (Fsp3) is 0.0769. The molecule has 5 rings (SSSR count). The van der Waals surface area contributed by atoms with Gasteiger partial charge in [-0.1, -0.05) is 30.3 Å². The van der Waals surface area contributed by atoms with Gasteiger partial charge in [0.25, 0.3) is 0 Å². The Hall–Kier alpha value is -3.99. The van der Waals surface area contributed by atoms with Crippen LogP contribution in [-0.2, 0) is 17.7 Å². The molecule has 1 unspecified atom stereocenters. The third-order valence-corrected chi connectivity index (χ3v) is 6.39. The van der Waals surface area contributed by atoms with E-state index < -0.39 is 11.3 Å². The van der Waals surface area contributed by atoms with Crippen LogP contribution in [0.2, 0.25) is 0 Å². The van der Waals surface area contributed by atoms with Gasteiger partial charge in [-0.3, -0.25) is 13.5 Å². The maximum absolute atomic E-state index is 12.3. The molecule has 0 aliphatic rings. The number of rotatable bonds is 5. The molecular weight excluding hydrogens is 434 g/mol. The summed E-state index contributed by atoms with van der Waals surface area (Å²) in [5.74, 6) is 0.800. The molecule has 5 aromatic rings. The molecule has 0 spiro atoms. The van der Waals surface area contributed by atoms with Crippen molar-refractivity contribution in [2.75, 3.05) is 4.31 Å². The standard InChI is InChI=1S/C26H19N3O3S/c1-17-22-12-11-21(15-25(22)32-24(17)14-18-7-9-19(16-27)10-8-18)29(33(30)31)23-6-2-4-20-5-3-13-28-26(20)23/h2-13,15H,14H2,1H3,(H,30,31)/p-1. The Labute approximate surface area is 193 Å². The van der Waals surface area contributed by atoms with Gasteiger partial charge in [0, 0.05) is 29.5 Å². The summed E-state index contributed by atoms with van der Waals surface area (Å²) in [6, 6.07) is 24.0. The van der Waals surface area contributed by atoms with Crippen LogP contribution in [0.4, 0.5) is 11.4 Å². The first-order valence-corrected chi connectivity index (χ1v) is 11.3. The van der Waals surface area contributed by atoms with E-state index in [0.717, 1.165) is 27.7 Å². The van der Waals surface area contributed by atoms with Crippen molar-refractivity contribution in [3.8, 4) is 6.07 Å². The van der Waals surface area contributed by atoms with E-state index in [1.54, 1.807) is 36.5 Å². The van der Waals surface area contributed by atoms with E-state index in [-0.39, 0.29) is 0 Å². The molecule has 0 bridgehead atoms. The van der Waals surface area contributed by atoms with E-state index >= 15 is 0 Å². The van der Waals surface area contributed by atoms with Crippen LogP contribution in [0.5, 0.6) is 0 Å². The average Bonchev–Trinajstić information content (AvgIpc) is 3.14. The van der Waals surface area contributed by atoms with Gasteiger partial charge in [0.1, 0.15) is 11.3 Å². The Morgan fingerprint density at radius 3 is 2.64 bits per heavy atom. The number of pyridine rings is 1. The molecule has 3 aromatic carbocycles. The zero-order chi connectivity index (χ0) is 22.9. The summed E-state index contributed by atoms with van der Waals surface area (Å²) >= 11 is -2.56. The number of para-hydroxylation sites is 1. The summed E-state index contributed by atoms with van der Waals surface area (Å²) in [7, 11) is 0. The molecule has 7 heteroatoms. The zero-order valence-corrected chi connectivity index (χ0v) is 18.5. The van der Waals surface area contributed by atoms with Crippen LogP contribution in [0.1, 0.15) is 22.5 Å². The van der Waals surface area contributed by atoms with E-state index in [0.29, 0.717) is 34.5 Å². The molecule has 1 atom stereocenters. The molecule has 0 N–H and O–H groups in total. The summed E-state index contributed by atoms with van der Waals surface area (Å²) in [5.41, 5.74) is 4.79. The number of furan rings is 1. The van der Waals surface area contributed by atoms with Gasteiger partial charge < -0.3 is 8.97 Å². The molecule has 0 radical (unpaired) electrons. The maximum Gasteiger partial charge on any atom is 0.136 e. The van der Waals surface area contributed by atoms with E-state index in [2.05, 4.69) is 11.1 Å². The van der Waals surface area contributed by atoms with Crippen LogP contribution < -0.4 is 4.31 Å². The number of aryl methyl sites for hydroxylation is 1. The number of nitrogens with zero attached hydrogens (tertiary/aromatic N) is 3. The Bertz CT molecular complexity index is 1550. The lowest BCUT2D eigenvalue weighted by molar-refractivity contribution is 0.537. The van der Waals surface area contributed by atoms with E-state index in [4.69, 9.17) is 9.68 Å². The number of nitriles is 1. The molecule has 0 saturated heterocycles. The SMILES string of the molecule is Cc1c(Cc2ccc(C#N)cc2)oc2cc(N(c3cccc4cccnc34)S(=O)[O-])ccc12. The van der Waals surface area contributed by atoms with Crippen molar-refractivity contribution >= 4 is 44.5 Å². The first-order valence-electron chi connectivity index (χ1n) is 10.3. The fourth-order valence-corrected chi connectivity index (χ4v) is 4.59. The minimum Gasteiger partial charge on any atom is -0.755 e. The van der Waals surface area contributed by atoms with Crippen molar-refractivity contribution in [1.29, 1.82) is 5.26 Å².